The number of nitrogens with zero attached hydrogens (tertiary/aromatic N) is 2. The number of rotatable bonds is 2. The first-order valence-electron chi connectivity index (χ1n) is 23.9. The van der Waals surface area contributed by atoms with Crippen LogP contribution < -0.4 is 0 Å². The molecule has 2 heteroatoms. The van der Waals surface area contributed by atoms with Gasteiger partial charge in [-0.25, -0.2) is 0 Å². The van der Waals surface area contributed by atoms with Crippen molar-refractivity contribution < 1.29 is 0 Å². The van der Waals surface area contributed by atoms with E-state index in [2.05, 4.69) is 208 Å². The van der Waals surface area contributed by atoms with E-state index in [1.165, 1.54) is 153 Å². The van der Waals surface area contributed by atoms with Gasteiger partial charge in [0.05, 0.1) is 22.1 Å². The van der Waals surface area contributed by atoms with Crippen molar-refractivity contribution in [1.82, 2.24) is 9.13 Å². The third kappa shape index (κ3) is 4.70. The number of hydrogen-bond donors (Lipinski definition) is 0. The van der Waals surface area contributed by atoms with Gasteiger partial charge in [0.15, 0.2) is 0 Å². The first kappa shape index (κ1) is 37.5. The minimum Gasteiger partial charge on any atom is -0.309 e. The summed E-state index contributed by atoms with van der Waals surface area (Å²) in [6, 6.07) is 60.9. The molecule has 2 aromatic heterocycles. The maximum atomic E-state index is 2.56. The lowest BCUT2D eigenvalue weighted by Crippen LogP contribution is -2.27. The topological polar surface area (TPSA) is 9.86 Å². The second kappa shape index (κ2) is 12.7. The van der Waals surface area contributed by atoms with Crippen LogP contribution in [0.1, 0.15) is 112 Å². The smallest absolute Gasteiger partial charge is 0.0547 e. The number of hydrogen-bond acceptors (Lipinski definition) is 0. The first-order chi connectivity index (χ1) is 31.5. The summed E-state index contributed by atoms with van der Waals surface area (Å²) >= 11 is 0. The second-order valence-corrected chi connectivity index (χ2v) is 21.1. The molecule has 0 N–H and O–H groups in total. The minimum atomic E-state index is -0.273. The average Bonchev–Trinajstić information content (AvgIpc) is 4.13. The predicted molar refractivity (Wildman–Crippen MR) is 273 cm³/mol. The van der Waals surface area contributed by atoms with Crippen LogP contribution in [0, 0.1) is 0 Å². The van der Waals surface area contributed by atoms with Gasteiger partial charge in [-0.05, 0) is 147 Å². The van der Waals surface area contributed by atoms with Gasteiger partial charge in [0.2, 0.25) is 0 Å². The Balaban J connectivity index is 0.997. The van der Waals surface area contributed by atoms with Gasteiger partial charge in [-0.15, -0.1) is 0 Å². The van der Waals surface area contributed by atoms with E-state index in [0.717, 1.165) is 0 Å². The molecule has 0 spiro atoms. The van der Waals surface area contributed by atoms with E-state index in [4.69, 9.17) is 0 Å². The molecule has 1 fully saturated rings. The summed E-state index contributed by atoms with van der Waals surface area (Å²) in [7, 11) is 0. The van der Waals surface area contributed by atoms with Crippen molar-refractivity contribution >= 4 is 49.2 Å². The van der Waals surface area contributed by atoms with Crippen LogP contribution in [-0.4, -0.2) is 9.13 Å². The van der Waals surface area contributed by atoms with Gasteiger partial charge in [0.25, 0.3) is 0 Å². The Labute approximate surface area is 381 Å². The van der Waals surface area contributed by atoms with Crippen molar-refractivity contribution in [2.24, 2.45) is 0 Å². The van der Waals surface area contributed by atoms with E-state index >= 15 is 0 Å². The SMILES string of the molecule is CC1(C)c2cc(-n3c4ccccc4c4c5c(ccc43)C(C)(C)c3ccccc3-5)ccc2C(=C2CCCC2)c2ccc(-n3c4ccccc4c4c5c(ccc43)C(C)(C)c3ccccc3-5)cc21. The highest BCUT2D eigenvalue weighted by atomic mass is 15.0. The molecule has 0 saturated heterocycles. The maximum absolute atomic E-state index is 2.56. The molecule has 2 heterocycles. The third-order valence-corrected chi connectivity index (χ3v) is 16.7. The van der Waals surface area contributed by atoms with E-state index in [1.54, 1.807) is 5.57 Å². The van der Waals surface area contributed by atoms with Gasteiger partial charge in [0.1, 0.15) is 0 Å². The lowest BCUT2D eigenvalue weighted by molar-refractivity contribution is 0.629. The highest BCUT2D eigenvalue weighted by Gasteiger charge is 2.41. The molecule has 2 nitrogen and oxygen atoms in total. The largest absolute Gasteiger partial charge is 0.309 e. The molecule has 1 saturated carbocycles. The Bertz CT molecular complexity index is 3550. The fraction of sp³-hybridized carbons (Fsp3) is 0.206. The van der Waals surface area contributed by atoms with Gasteiger partial charge >= 0.3 is 0 Å². The zero-order valence-corrected chi connectivity index (χ0v) is 38.2. The van der Waals surface area contributed by atoms with Gasteiger partial charge in [0, 0.05) is 49.2 Å². The number of allylic oxidation sites excluding steroid dienone is 1. The Morgan fingerprint density at radius 2 is 0.769 bits per heavy atom. The summed E-state index contributed by atoms with van der Waals surface area (Å²) in [5, 5.41) is 5.36. The maximum Gasteiger partial charge on any atom is 0.0547 e. The van der Waals surface area contributed by atoms with E-state index in [1.807, 2.05) is 0 Å². The second-order valence-electron chi connectivity index (χ2n) is 21.1. The molecule has 0 radical (unpaired) electrons. The fourth-order valence-corrected chi connectivity index (χ4v) is 13.6. The molecule has 0 amide bonds. The van der Waals surface area contributed by atoms with E-state index < -0.39 is 0 Å². The lowest BCUT2D eigenvalue weighted by Gasteiger charge is -2.38. The Kier molecular flexibility index (Phi) is 7.30. The summed E-state index contributed by atoms with van der Waals surface area (Å²) in [6.45, 7) is 14.5. The van der Waals surface area contributed by atoms with Crippen molar-refractivity contribution in [2.45, 2.75) is 83.5 Å². The molecule has 8 aromatic carbocycles. The van der Waals surface area contributed by atoms with Crippen molar-refractivity contribution in [1.29, 1.82) is 0 Å². The van der Waals surface area contributed by atoms with Crippen LogP contribution in [0.25, 0.3) is 82.8 Å². The van der Waals surface area contributed by atoms with E-state index in [0.29, 0.717) is 0 Å². The Morgan fingerprint density at radius 3 is 1.25 bits per heavy atom. The molecule has 0 bridgehead atoms. The summed E-state index contributed by atoms with van der Waals surface area (Å²) in [5.41, 5.74) is 27.0. The van der Waals surface area contributed by atoms with Crippen LogP contribution in [0.4, 0.5) is 0 Å². The normalized spacial score (nSPS) is 17.1. The van der Waals surface area contributed by atoms with Crippen LogP contribution in [0.15, 0.2) is 163 Å². The zero-order valence-electron chi connectivity index (χ0n) is 38.2. The molecule has 10 aromatic rings. The molecule has 314 valence electrons. The molecule has 0 unspecified atom stereocenters. The number of para-hydroxylation sites is 2. The summed E-state index contributed by atoms with van der Waals surface area (Å²) in [4.78, 5) is 0. The highest BCUT2D eigenvalue weighted by Crippen LogP contribution is 2.56. The fourth-order valence-electron chi connectivity index (χ4n) is 13.6. The number of aromatic nitrogens is 2. The summed E-state index contributed by atoms with van der Waals surface area (Å²) in [6.07, 6.45) is 4.87. The lowest BCUT2D eigenvalue weighted by atomic mass is 9.66. The van der Waals surface area contributed by atoms with E-state index in [-0.39, 0.29) is 16.2 Å². The Morgan fingerprint density at radius 1 is 0.354 bits per heavy atom. The predicted octanol–water partition coefficient (Wildman–Crippen LogP) is 16.5. The number of fused-ring (bicyclic) bond motifs is 16. The van der Waals surface area contributed by atoms with Crippen molar-refractivity contribution in [2.75, 3.05) is 0 Å². The van der Waals surface area contributed by atoms with Gasteiger partial charge in [-0.2, -0.15) is 0 Å². The molecule has 0 aliphatic heterocycles. The number of benzene rings is 8. The van der Waals surface area contributed by atoms with Crippen LogP contribution in [0.3, 0.4) is 0 Å². The van der Waals surface area contributed by atoms with E-state index in [9.17, 15) is 0 Å². The standard InChI is InChI=1S/C63H52N2/c1-61(2)46-23-13-9-19-40(46)57-48(61)31-33-54-59(57)44-21-11-15-25-52(44)64(54)38-27-29-42-50(35-38)63(5,6)51-36-39(28-30-43(51)56(42)37-17-7-8-18-37)65-53-26-16-12-22-45(53)60-55(65)34-32-49-58(60)41-20-10-14-24-47(41)62(49,3)4/h9-16,19-36H,7-8,17-18H2,1-6H3. The molecule has 0 atom stereocenters. The summed E-state index contributed by atoms with van der Waals surface area (Å²) in [5.74, 6) is 0. The molecular formula is C63H52N2. The van der Waals surface area contributed by atoms with Crippen LogP contribution in [0.2, 0.25) is 0 Å². The average molecular weight is 837 g/mol. The van der Waals surface area contributed by atoms with Gasteiger partial charge in [-0.1, -0.05) is 156 Å². The monoisotopic (exact) mass is 836 g/mol. The van der Waals surface area contributed by atoms with Crippen molar-refractivity contribution in [3.05, 3.63) is 208 Å². The van der Waals surface area contributed by atoms with Crippen LogP contribution in [0.5, 0.6) is 0 Å². The van der Waals surface area contributed by atoms with Crippen molar-refractivity contribution in [3.63, 3.8) is 0 Å². The van der Waals surface area contributed by atoms with Crippen LogP contribution in [-0.2, 0) is 16.2 Å². The summed E-state index contributed by atoms with van der Waals surface area (Å²) < 4.78 is 5.11. The first-order valence-corrected chi connectivity index (χ1v) is 23.9. The quantitative estimate of drug-likeness (QED) is 0.164. The zero-order chi connectivity index (χ0) is 43.7. The minimum absolute atomic E-state index is 0.0584. The third-order valence-electron chi connectivity index (χ3n) is 16.7. The highest BCUT2D eigenvalue weighted by molar-refractivity contribution is 6.19. The Hall–Kier alpha value is -6.90. The molecule has 14 rings (SSSR count). The molecular weight excluding hydrogens is 785 g/mol. The molecule has 4 aliphatic carbocycles. The molecule has 65 heavy (non-hydrogen) atoms. The molecule has 4 aliphatic rings. The van der Waals surface area contributed by atoms with Crippen LogP contribution >= 0.6 is 0 Å². The van der Waals surface area contributed by atoms with Crippen molar-refractivity contribution in [3.8, 4) is 33.6 Å². The van der Waals surface area contributed by atoms with Gasteiger partial charge < -0.3 is 9.13 Å². The van der Waals surface area contributed by atoms with Gasteiger partial charge in [-0.3, -0.25) is 0 Å².